The SMILES string of the molecule is CC/C=C\C/C=C\C/C=C\C/C=C\C/C=C\C/C=C\CCCCCCC(=O)NC(COP(=O)(O)OCC[N+](C)(C)C)C(/C=C\CCCCCCCCCCCC)OC(=O)CCCCCCCCC/C=C\C/C=C\CCCCC. The second-order valence-electron chi connectivity index (χ2n) is 22.2. The van der Waals surface area contributed by atoms with Crippen molar-refractivity contribution in [2.45, 2.75) is 270 Å². The molecule has 0 fully saturated rings. The fourth-order valence-electron chi connectivity index (χ4n) is 8.56. The number of hydrogen-bond donors (Lipinski definition) is 2. The minimum atomic E-state index is -4.47. The van der Waals surface area contributed by atoms with Crippen LogP contribution < -0.4 is 5.32 Å². The number of allylic oxidation sites excluding steroid dienone is 17. The summed E-state index contributed by atoms with van der Waals surface area (Å²) in [6.45, 7) is 6.84. The topological polar surface area (TPSA) is 111 Å². The summed E-state index contributed by atoms with van der Waals surface area (Å²) in [5.74, 6) is -0.548. The van der Waals surface area contributed by atoms with Crippen molar-refractivity contribution >= 4 is 19.7 Å². The number of amides is 1. The minimum Gasteiger partial charge on any atom is -0.456 e. The Hall–Kier alpha value is -3.33. The number of unbranched alkanes of at least 4 members (excludes halogenated alkanes) is 24. The molecule has 2 N–H and O–H groups in total. The predicted octanol–water partition coefficient (Wildman–Crippen LogP) is 19.7. The van der Waals surface area contributed by atoms with Gasteiger partial charge in [-0.1, -0.05) is 240 Å². The minimum absolute atomic E-state index is 0.0281. The van der Waals surface area contributed by atoms with E-state index in [1.807, 2.05) is 33.3 Å². The highest BCUT2D eigenvalue weighted by molar-refractivity contribution is 7.47. The monoisotopic (exact) mass is 1110 g/mol. The van der Waals surface area contributed by atoms with Gasteiger partial charge in [-0.3, -0.25) is 18.6 Å². The van der Waals surface area contributed by atoms with Crippen LogP contribution in [0.15, 0.2) is 109 Å². The number of nitrogens with one attached hydrogen (secondary N) is 1. The van der Waals surface area contributed by atoms with Crippen molar-refractivity contribution in [2.24, 2.45) is 0 Å². The predicted molar refractivity (Wildman–Crippen MR) is 337 cm³/mol. The van der Waals surface area contributed by atoms with Gasteiger partial charge in [0.2, 0.25) is 5.91 Å². The van der Waals surface area contributed by atoms with Gasteiger partial charge in [0.15, 0.2) is 0 Å². The summed E-state index contributed by atoms with van der Waals surface area (Å²) >= 11 is 0. The van der Waals surface area contributed by atoms with Crippen LogP contribution in [-0.2, 0) is 27.9 Å². The summed E-state index contributed by atoms with van der Waals surface area (Å²) in [6.07, 6.45) is 78.0. The van der Waals surface area contributed by atoms with Crippen LogP contribution >= 0.6 is 7.82 Å². The average molecular weight is 1110 g/mol. The molecule has 3 atom stereocenters. The summed E-state index contributed by atoms with van der Waals surface area (Å²) in [6, 6.07) is -0.872. The Labute approximate surface area is 481 Å². The Morgan fingerprint density at radius 1 is 0.462 bits per heavy atom. The number of nitrogens with zero attached hydrogens (tertiary/aromatic N) is 1. The van der Waals surface area contributed by atoms with Gasteiger partial charge in [0.1, 0.15) is 19.3 Å². The molecule has 0 aliphatic rings. The maximum atomic E-state index is 13.6. The van der Waals surface area contributed by atoms with Gasteiger partial charge in [0.05, 0.1) is 33.8 Å². The molecule has 3 unspecified atom stereocenters. The quantitative estimate of drug-likeness (QED) is 0.0205. The van der Waals surface area contributed by atoms with E-state index in [0.29, 0.717) is 23.9 Å². The van der Waals surface area contributed by atoms with Crippen molar-refractivity contribution in [3.63, 3.8) is 0 Å². The van der Waals surface area contributed by atoms with Gasteiger partial charge in [0.25, 0.3) is 0 Å². The van der Waals surface area contributed by atoms with Crippen molar-refractivity contribution in [1.29, 1.82) is 0 Å². The molecule has 0 aliphatic heterocycles. The molecule has 0 aromatic heterocycles. The van der Waals surface area contributed by atoms with E-state index in [2.05, 4.69) is 123 Å². The van der Waals surface area contributed by atoms with Crippen LogP contribution in [0.4, 0.5) is 0 Å². The first-order valence-corrected chi connectivity index (χ1v) is 33.2. The number of ether oxygens (including phenoxy) is 1. The van der Waals surface area contributed by atoms with Crippen LogP contribution in [0.2, 0.25) is 0 Å². The van der Waals surface area contributed by atoms with E-state index in [0.717, 1.165) is 122 Å². The number of rotatable bonds is 56. The van der Waals surface area contributed by atoms with E-state index in [1.54, 1.807) is 0 Å². The molecule has 0 saturated carbocycles. The first kappa shape index (κ1) is 74.7. The van der Waals surface area contributed by atoms with Crippen molar-refractivity contribution in [3.8, 4) is 0 Å². The van der Waals surface area contributed by atoms with E-state index in [9.17, 15) is 19.0 Å². The van der Waals surface area contributed by atoms with E-state index >= 15 is 0 Å². The molecule has 0 spiro atoms. The number of hydrogen-bond acceptors (Lipinski definition) is 6. The Morgan fingerprint density at radius 2 is 0.821 bits per heavy atom. The zero-order chi connectivity index (χ0) is 57.2. The van der Waals surface area contributed by atoms with E-state index in [4.69, 9.17) is 13.8 Å². The fourth-order valence-corrected chi connectivity index (χ4v) is 9.30. The smallest absolute Gasteiger partial charge is 0.456 e. The fraction of sp³-hybridized carbons (Fsp3) is 0.706. The number of carbonyl (C=O) groups excluding carboxylic acids is 2. The normalized spacial score (nSPS) is 14.4. The van der Waals surface area contributed by atoms with E-state index < -0.39 is 20.0 Å². The summed E-state index contributed by atoms with van der Waals surface area (Å²) in [5.41, 5.74) is 0. The van der Waals surface area contributed by atoms with Gasteiger partial charge in [-0.25, -0.2) is 4.57 Å². The van der Waals surface area contributed by atoms with Gasteiger partial charge in [-0.05, 0) is 115 Å². The lowest BCUT2D eigenvalue weighted by atomic mass is 10.0. The number of phosphoric ester groups is 1. The molecule has 0 rings (SSSR count). The molecule has 78 heavy (non-hydrogen) atoms. The lowest BCUT2D eigenvalue weighted by Gasteiger charge is -2.27. The largest absolute Gasteiger partial charge is 0.472 e. The second-order valence-corrected chi connectivity index (χ2v) is 23.6. The molecule has 0 bridgehead atoms. The van der Waals surface area contributed by atoms with E-state index in [-0.39, 0.29) is 31.5 Å². The zero-order valence-corrected chi connectivity index (χ0v) is 52.0. The Morgan fingerprint density at radius 3 is 1.26 bits per heavy atom. The molecular formula is C68H120N2O7P+. The average Bonchev–Trinajstić information content (AvgIpc) is 3.40. The summed E-state index contributed by atoms with van der Waals surface area (Å²) < 4.78 is 30.7. The highest BCUT2D eigenvalue weighted by Gasteiger charge is 2.30. The molecule has 0 heterocycles. The van der Waals surface area contributed by atoms with E-state index in [1.165, 1.54) is 96.3 Å². The van der Waals surface area contributed by atoms with Crippen LogP contribution in [0.25, 0.3) is 0 Å². The number of carbonyl (C=O) groups is 2. The molecule has 0 aliphatic carbocycles. The lowest BCUT2D eigenvalue weighted by Crippen LogP contribution is -2.47. The summed E-state index contributed by atoms with van der Waals surface area (Å²) in [5, 5.41) is 3.04. The Balaban J connectivity index is 5.30. The Kier molecular flexibility index (Phi) is 54.5. The van der Waals surface area contributed by atoms with Crippen LogP contribution in [0.1, 0.15) is 258 Å². The number of quaternary nitrogens is 1. The maximum absolute atomic E-state index is 13.6. The van der Waals surface area contributed by atoms with Crippen LogP contribution in [0.5, 0.6) is 0 Å². The van der Waals surface area contributed by atoms with Crippen molar-refractivity contribution in [1.82, 2.24) is 5.32 Å². The highest BCUT2D eigenvalue weighted by atomic mass is 31.2. The molecular weight excluding hydrogens is 988 g/mol. The zero-order valence-electron chi connectivity index (χ0n) is 51.1. The first-order valence-electron chi connectivity index (χ1n) is 31.7. The molecule has 448 valence electrons. The van der Waals surface area contributed by atoms with Crippen molar-refractivity contribution < 1.29 is 37.3 Å². The third kappa shape index (κ3) is 57.4. The molecule has 0 radical (unpaired) electrons. The number of phosphoric acid groups is 1. The van der Waals surface area contributed by atoms with Crippen molar-refractivity contribution in [2.75, 3.05) is 40.9 Å². The van der Waals surface area contributed by atoms with Gasteiger partial charge in [0, 0.05) is 12.8 Å². The first-order chi connectivity index (χ1) is 37.9. The number of esters is 1. The molecule has 0 aromatic rings. The van der Waals surface area contributed by atoms with Crippen LogP contribution in [0.3, 0.4) is 0 Å². The standard InChI is InChI=1S/C68H119N2O7P/c1-7-10-13-16-19-22-25-28-30-32-33-34-35-36-37-39-40-42-45-48-51-54-57-60-67(71)69-65(64-76-78(73,74)75-63-62-70(4,5)6)66(59-56-53-50-47-44-27-24-21-18-15-12-9-3)77-68(72)61-58-55-52-49-46-43-41-38-31-29-26-23-20-17-14-11-8-2/h10,13,19-20,22-23,28-31,33-34,36-37,40,42,56,59,65-66H,7-9,11-12,14-18,21,24-27,32,35,38-39,41,43-55,57-58,60-64H2,1-6H3,(H-,69,71,73,74)/p+1/b13-10-,22-19-,23-20-,30-28-,31-29-,34-33-,37-36-,42-40-,59-56-. The van der Waals surface area contributed by atoms with Gasteiger partial charge < -0.3 is 19.4 Å². The van der Waals surface area contributed by atoms with Gasteiger partial charge >= 0.3 is 13.8 Å². The Bertz CT molecular complexity index is 1700. The molecule has 10 heteroatoms. The van der Waals surface area contributed by atoms with Crippen molar-refractivity contribution in [3.05, 3.63) is 109 Å². The highest BCUT2D eigenvalue weighted by Crippen LogP contribution is 2.43. The second kappa shape index (κ2) is 56.9. The van der Waals surface area contributed by atoms with Gasteiger partial charge in [-0.2, -0.15) is 0 Å². The molecule has 9 nitrogen and oxygen atoms in total. The van der Waals surface area contributed by atoms with Gasteiger partial charge in [-0.15, -0.1) is 0 Å². The number of likely N-dealkylation sites (N-methyl/N-ethyl adjacent to an activating group) is 1. The van der Waals surface area contributed by atoms with Crippen LogP contribution in [0, 0.1) is 0 Å². The third-order valence-electron chi connectivity index (χ3n) is 13.4. The molecule has 1 amide bonds. The molecule has 0 aromatic carbocycles. The molecule has 0 saturated heterocycles. The summed E-state index contributed by atoms with van der Waals surface area (Å²) in [4.78, 5) is 37.7. The maximum Gasteiger partial charge on any atom is 0.472 e. The van der Waals surface area contributed by atoms with Crippen LogP contribution in [-0.4, -0.2) is 74.3 Å². The third-order valence-corrected chi connectivity index (χ3v) is 14.4. The summed E-state index contributed by atoms with van der Waals surface area (Å²) in [7, 11) is 1.46. The lowest BCUT2D eigenvalue weighted by molar-refractivity contribution is -0.870.